The monoisotopic (exact) mass is 231 g/mol. The summed E-state index contributed by atoms with van der Waals surface area (Å²) in [5.74, 6) is -5.15. The number of halogens is 2. The van der Waals surface area contributed by atoms with Crippen molar-refractivity contribution >= 4 is 5.97 Å². The smallest absolute Gasteiger partial charge is 0.382 e. The second kappa shape index (κ2) is 4.87. The molecule has 0 aliphatic heterocycles. The van der Waals surface area contributed by atoms with Crippen LogP contribution in [-0.2, 0) is 15.5 Å². The number of esters is 1. The van der Waals surface area contributed by atoms with E-state index in [0.29, 0.717) is 0 Å². The van der Waals surface area contributed by atoms with Crippen LogP contribution in [0.3, 0.4) is 0 Å². The molecule has 0 saturated heterocycles. The zero-order valence-electron chi connectivity index (χ0n) is 8.87. The Hall–Kier alpha value is -1.72. The molecule has 1 aromatic heterocycles. The Morgan fingerprint density at radius 1 is 1.50 bits per heavy atom. The first-order valence-corrected chi connectivity index (χ1v) is 4.57. The van der Waals surface area contributed by atoms with Gasteiger partial charge in [-0.25, -0.2) is 4.79 Å². The van der Waals surface area contributed by atoms with Crippen molar-refractivity contribution in [1.82, 2.24) is 4.98 Å². The molecule has 0 aromatic carbocycles. The minimum absolute atomic E-state index is 0.105. The van der Waals surface area contributed by atoms with E-state index in [-0.39, 0.29) is 12.4 Å². The van der Waals surface area contributed by atoms with Gasteiger partial charge in [0.15, 0.2) is 0 Å². The van der Waals surface area contributed by atoms with Crippen LogP contribution in [0.1, 0.15) is 12.5 Å². The normalized spacial score (nSPS) is 11.0. The Bertz CT molecular complexity index is 382. The van der Waals surface area contributed by atoms with Crippen LogP contribution in [-0.4, -0.2) is 24.7 Å². The number of hydrogen-bond donors (Lipinski definition) is 0. The van der Waals surface area contributed by atoms with Gasteiger partial charge in [-0.1, -0.05) is 0 Å². The lowest BCUT2D eigenvalue weighted by Gasteiger charge is -2.14. The van der Waals surface area contributed by atoms with Crippen molar-refractivity contribution in [1.29, 1.82) is 0 Å². The summed E-state index contributed by atoms with van der Waals surface area (Å²) in [6.07, 6.45) is 2.17. The van der Waals surface area contributed by atoms with Crippen molar-refractivity contribution in [2.24, 2.45) is 0 Å². The number of nitrogens with zero attached hydrogens (tertiary/aromatic N) is 1. The Morgan fingerprint density at radius 2 is 2.19 bits per heavy atom. The minimum Gasteiger partial charge on any atom is -0.495 e. The van der Waals surface area contributed by atoms with Gasteiger partial charge in [-0.3, -0.25) is 4.98 Å². The van der Waals surface area contributed by atoms with Gasteiger partial charge in [-0.15, -0.1) is 0 Å². The van der Waals surface area contributed by atoms with Gasteiger partial charge in [0, 0.05) is 6.20 Å². The fourth-order valence-electron chi connectivity index (χ4n) is 1.04. The van der Waals surface area contributed by atoms with Crippen LogP contribution in [0.15, 0.2) is 18.5 Å². The third-order valence-electron chi connectivity index (χ3n) is 1.84. The van der Waals surface area contributed by atoms with Crippen molar-refractivity contribution in [3.63, 3.8) is 0 Å². The van der Waals surface area contributed by atoms with Gasteiger partial charge >= 0.3 is 11.9 Å². The lowest BCUT2D eigenvalue weighted by Crippen LogP contribution is -2.28. The molecule has 88 valence electrons. The average Bonchev–Trinajstić information content (AvgIpc) is 2.29. The molecule has 4 nitrogen and oxygen atoms in total. The van der Waals surface area contributed by atoms with Gasteiger partial charge < -0.3 is 9.47 Å². The molecule has 6 heteroatoms. The van der Waals surface area contributed by atoms with E-state index in [4.69, 9.17) is 4.74 Å². The van der Waals surface area contributed by atoms with E-state index in [2.05, 4.69) is 9.72 Å². The number of carbonyl (C=O) groups excluding carboxylic acids is 1. The maximum Gasteiger partial charge on any atom is 0.382 e. The third-order valence-corrected chi connectivity index (χ3v) is 1.84. The van der Waals surface area contributed by atoms with Gasteiger partial charge in [0.25, 0.3) is 0 Å². The second-order valence-electron chi connectivity index (χ2n) is 2.91. The Balaban J connectivity index is 3.01. The van der Waals surface area contributed by atoms with Crippen molar-refractivity contribution in [3.8, 4) is 5.75 Å². The van der Waals surface area contributed by atoms with Crippen LogP contribution in [0.5, 0.6) is 5.75 Å². The first kappa shape index (κ1) is 12.4. The zero-order chi connectivity index (χ0) is 12.2. The SMILES string of the molecule is CCOC(=O)C(F)(F)c1cncc(OC)c1. The maximum atomic E-state index is 13.5. The first-order valence-electron chi connectivity index (χ1n) is 4.57. The minimum atomic E-state index is -3.71. The van der Waals surface area contributed by atoms with Crippen LogP contribution >= 0.6 is 0 Å². The van der Waals surface area contributed by atoms with Gasteiger partial charge in [-0.2, -0.15) is 8.78 Å². The molecule has 0 fully saturated rings. The largest absolute Gasteiger partial charge is 0.495 e. The molecule has 0 radical (unpaired) electrons. The van der Waals surface area contributed by atoms with Gasteiger partial charge in [0.2, 0.25) is 0 Å². The van der Waals surface area contributed by atoms with Gasteiger partial charge in [0.05, 0.1) is 25.5 Å². The number of carbonyl (C=O) groups is 1. The average molecular weight is 231 g/mol. The summed E-state index contributed by atoms with van der Waals surface area (Å²) in [6.45, 7) is 1.35. The fourth-order valence-corrected chi connectivity index (χ4v) is 1.04. The van der Waals surface area contributed by atoms with Gasteiger partial charge in [0.1, 0.15) is 5.75 Å². The summed E-state index contributed by atoms with van der Waals surface area (Å²) in [5.41, 5.74) is -0.551. The molecule has 16 heavy (non-hydrogen) atoms. The third kappa shape index (κ3) is 2.44. The molecule has 1 aromatic rings. The molecule has 0 aliphatic rings. The molecule has 0 amide bonds. The fraction of sp³-hybridized carbons (Fsp3) is 0.400. The topological polar surface area (TPSA) is 48.4 Å². The van der Waals surface area contributed by atoms with E-state index in [9.17, 15) is 13.6 Å². The van der Waals surface area contributed by atoms with Crippen molar-refractivity contribution in [2.75, 3.05) is 13.7 Å². The molecule has 1 heterocycles. The Kier molecular flexibility index (Phi) is 3.76. The Labute approximate surface area is 91.2 Å². The van der Waals surface area contributed by atoms with Crippen LogP contribution in [0.4, 0.5) is 8.78 Å². The molecule has 0 N–H and O–H groups in total. The summed E-state index contributed by atoms with van der Waals surface area (Å²) < 4.78 is 36.0. The highest BCUT2D eigenvalue weighted by molar-refractivity contribution is 5.79. The highest BCUT2D eigenvalue weighted by Gasteiger charge is 2.43. The summed E-state index contributed by atoms with van der Waals surface area (Å²) >= 11 is 0. The maximum absolute atomic E-state index is 13.5. The number of hydrogen-bond acceptors (Lipinski definition) is 4. The number of alkyl halides is 2. The first-order chi connectivity index (χ1) is 7.52. The number of ether oxygens (including phenoxy) is 2. The predicted octanol–water partition coefficient (Wildman–Crippen LogP) is 1.75. The quantitative estimate of drug-likeness (QED) is 0.740. The standard InChI is InChI=1S/C10H11F2NO3/c1-3-16-9(14)10(11,12)7-4-8(15-2)6-13-5-7/h4-6H,3H2,1-2H3. The molecular weight excluding hydrogens is 220 g/mol. The molecule has 0 bridgehead atoms. The van der Waals surface area contributed by atoms with E-state index in [0.717, 1.165) is 12.3 Å². The lowest BCUT2D eigenvalue weighted by atomic mass is 10.1. The molecule has 0 saturated carbocycles. The molecule has 0 aliphatic carbocycles. The number of rotatable bonds is 4. The van der Waals surface area contributed by atoms with E-state index >= 15 is 0 Å². The van der Waals surface area contributed by atoms with Crippen LogP contribution in [0, 0.1) is 0 Å². The Morgan fingerprint density at radius 3 is 2.75 bits per heavy atom. The van der Waals surface area contributed by atoms with Crippen LogP contribution in [0.25, 0.3) is 0 Å². The van der Waals surface area contributed by atoms with E-state index < -0.39 is 17.5 Å². The highest BCUT2D eigenvalue weighted by Crippen LogP contribution is 2.30. The molecule has 0 unspecified atom stereocenters. The van der Waals surface area contributed by atoms with Crippen molar-refractivity contribution in [2.45, 2.75) is 12.8 Å². The van der Waals surface area contributed by atoms with Crippen LogP contribution in [0.2, 0.25) is 0 Å². The summed E-state index contributed by atoms with van der Waals surface area (Å²) in [5, 5.41) is 0. The number of pyridine rings is 1. The summed E-state index contributed by atoms with van der Waals surface area (Å²) in [6, 6.07) is 1.05. The van der Waals surface area contributed by atoms with Gasteiger partial charge in [-0.05, 0) is 13.0 Å². The predicted molar refractivity (Wildman–Crippen MR) is 51.3 cm³/mol. The molecule has 0 spiro atoms. The molecule has 1 rings (SSSR count). The zero-order valence-corrected chi connectivity index (χ0v) is 8.87. The molecule has 0 atom stereocenters. The summed E-state index contributed by atoms with van der Waals surface area (Å²) in [7, 11) is 1.32. The van der Waals surface area contributed by atoms with E-state index in [1.807, 2.05) is 0 Å². The van der Waals surface area contributed by atoms with Crippen molar-refractivity contribution < 1.29 is 23.0 Å². The lowest BCUT2D eigenvalue weighted by molar-refractivity contribution is -0.173. The van der Waals surface area contributed by atoms with Crippen molar-refractivity contribution in [3.05, 3.63) is 24.0 Å². The second-order valence-corrected chi connectivity index (χ2v) is 2.91. The summed E-state index contributed by atoms with van der Waals surface area (Å²) in [4.78, 5) is 14.6. The highest BCUT2D eigenvalue weighted by atomic mass is 19.3. The van der Waals surface area contributed by atoms with Crippen LogP contribution < -0.4 is 4.74 Å². The number of aromatic nitrogens is 1. The molecular formula is C10H11F2NO3. The van der Waals surface area contributed by atoms with E-state index in [1.54, 1.807) is 0 Å². The van der Waals surface area contributed by atoms with E-state index in [1.165, 1.54) is 20.2 Å². The number of methoxy groups -OCH3 is 1.